The lowest BCUT2D eigenvalue weighted by Gasteiger charge is -2.34. The third-order valence-electron chi connectivity index (χ3n) is 4.38. The average Bonchev–Trinajstić information content (AvgIpc) is 3.06. The topological polar surface area (TPSA) is 58.6 Å². The monoisotopic (exact) mass is 388 g/mol. The van der Waals surface area contributed by atoms with Gasteiger partial charge < -0.3 is 14.5 Å². The minimum atomic E-state index is -0.489. The van der Waals surface area contributed by atoms with E-state index in [4.69, 9.17) is 4.74 Å². The fourth-order valence-corrected chi connectivity index (χ4v) is 3.39. The molecule has 2 aliphatic rings. The maximum Gasteiger partial charge on any atom is 0.257 e. The summed E-state index contributed by atoms with van der Waals surface area (Å²) >= 11 is 3.34. The molecule has 2 aromatic rings. The number of ether oxygens (including phenoxy) is 1. The Morgan fingerprint density at radius 2 is 2.00 bits per heavy atom. The molecule has 1 atom stereocenters. The molecule has 0 aliphatic carbocycles. The Labute approximate surface area is 148 Å². The van der Waals surface area contributed by atoms with E-state index in [1.165, 1.54) is 5.56 Å². The zero-order valence-corrected chi connectivity index (χ0v) is 14.6. The third-order valence-corrected chi connectivity index (χ3v) is 4.79. The number of halogens is 1. The standard InChI is InChI=1S/C17H17BrN4O2/c18-13-9-19-17(20-10-13)21-7-8-24-15(11-21)16(23)22-6-5-12-3-1-2-4-14(12)22/h1-4,9-10,15H,5-8,11H2. The van der Waals surface area contributed by atoms with Gasteiger partial charge in [0.25, 0.3) is 5.91 Å². The van der Waals surface area contributed by atoms with Crippen molar-refractivity contribution in [2.75, 3.05) is 36.0 Å². The largest absolute Gasteiger partial charge is 0.365 e. The van der Waals surface area contributed by atoms with E-state index >= 15 is 0 Å². The molecule has 1 aromatic carbocycles. The molecule has 3 heterocycles. The number of anilines is 2. The Morgan fingerprint density at radius 1 is 1.21 bits per heavy atom. The van der Waals surface area contributed by atoms with Gasteiger partial charge in [0.15, 0.2) is 6.10 Å². The molecule has 1 amide bonds. The van der Waals surface area contributed by atoms with Crippen molar-refractivity contribution in [3.63, 3.8) is 0 Å². The van der Waals surface area contributed by atoms with Crippen molar-refractivity contribution in [3.05, 3.63) is 46.7 Å². The van der Waals surface area contributed by atoms with Crippen molar-refractivity contribution in [1.82, 2.24) is 9.97 Å². The number of nitrogens with zero attached hydrogens (tertiary/aromatic N) is 4. The van der Waals surface area contributed by atoms with Gasteiger partial charge in [0.05, 0.1) is 17.6 Å². The molecule has 1 saturated heterocycles. The van der Waals surface area contributed by atoms with Gasteiger partial charge in [-0.15, -0.1) is 0 Å². The fourth-order valence-electron chi connectivity index (χ4n) is 3.19. The number of hydrogen-bond acceptors (Lipinski definition) is 5. The number of amides is 1. The van der Waals surface area contributed by atoms with Gasteiger partial charge in [0.2, 0.25) is 5.95 Å². The summed E-state index contributed by atoms with van der Waals surface area (Å²) in [5.74, 6) is 0.642. The first-order valence-electron chi connectivity index (χ1n) is 7.96. The maximum absolute atomic E-state index is 12.9. The highest BCUT2D eigenvalue weighted by molar-refractivity contribution is 9.10. The number of carbonyl (C=O) groups excluding carboxylic acids is 1. The Balaban J connectivity index is 1.50. The van der Waals surface area contributed by atoms with Crippen LogP contribution in [0.5, 0.6) is 0 Å². The molecule has 24 heavy (non-hydrogen) atoms. The van der Waals surface area contributed by atoms with E-state index < -0.39 is 6.10 Å². The van der Waals surface area contributed by atoms with Crippen molar-refractivity contribution in [1.29, 1.82) is 0 Å². The van der Waals surface area contributed by atoms with Crippen LogP contribution in [0.15, 0.2) is 41.1 Å². The Bertz CT molecular complexity index is 753. The highest BCUT2D eigenvalue weighted by Gasteiger charge is 2.34. The van der Waals surface area contributed by atoms with Crippen LogP contribution < -0.4 is 9.80 Å². The highest BCUT2D eigenvalue weighted by atomic mass is 79.9. The summed E-state index contributed by atoms with van der Waals surface area (Å²) < 4.78 is 6.58. The Morgan fingerprint density at radius 3 is 2.83 bits per heavy atom. The molecule has 1 aromatic heterocycles. The van der Waals surface area contributed by atoms with Crippen LogP contribution in [-0.4, -0.2) is 48.2 Å². The van der Waals surface area contributed by atoms with Gasteiger partial charge in [-0.2, -0.15) is 0 Å². The molecule has 7 heteroatoms. The third kappa shape index (κ3) is 2.89. The predicted octanol–water partition coefficient (Wildman–Crippen LogP) is 2.03. The van der Waals surface area contributed by atoms with Crippen LogP contribution in [0.3, 0.4) is 0 Å². The maximum atomic E-state index is 12.9. The van der Waals surface area contributed by atoms with E-state index in [9.17, 15) is 4.79 Å². The van der Waals surface area contributed by atoms with Crippen molar-refractivity contribution in [3.8, 4) is 0 Å². The van der Waals surface area contributed by atoms with Crippen molar-refractivity contribution in [2.24, 2.45) is 0 Å². The minimum absolute atomic E-state index is 0.0155. The Kier molecular flexibility index (Phi) is 4.20. The predicted molar refractivity (Wildman–Crippen MR) is 94.2 cm³/mol. The van der Waals surface area contributed by atoms with E-state index in [0.29, 0.717) is 32.2 Å². The molecule has 2 aliphatic heterocycles. The summed E-state index contributed by atoms with van der Waals surface area (Å²) in [5.41, 5.74) is 2.22. The molecule has 0 N–H and O–H groups in total. The van der Waals surface area contributed by atoms with Crippen molar-refractivity contribution < 1.29 is 9.53 Å². The van der Waals surface area contributed by atoms with Gasteiger partial charge in [-0.25, -0.2) is 9.97 Å². The second-order valence-electron chi connectivity index (χ2n) is 5.88. The first-order chi connectivity index (χ1) is 11.7. The first-order valence-corrected chi connectivity index (χ1v) is 8.75. The average molecular weight is 389 g/mol. The van der Waals surface area contributed by atoms with Gasteiger partial charge in [0, 0.05) is 31.2 Å². The molecule has 1 fully saturated rings. The smallest absolute Gasteiger partial charge is 0.257 e. The molecule has 124 valence electrons. The van der Waals surface area contributed by atoms with Crippen LogP contribution in [0.2, 0.25) is 0 Å². The second-order valence-corrected chi connectivity index (χ2v) is 6.79. The number of aromatic nitrogens is 2. The highest BCUT2D eigenvalue weighted by Crippen LogP contribution is 2.29. The summed E-state index contributed by atoms with van der Waals surface area (Å²) in [4.78, 5) is 25.4. The second kappa shape index (κ2) is 6.49. The minimum Gasteiger partial charge on any atom is -0.365 e. The van der Waals surface area contributed by atoms with E-state index in [1.54, 1.807) is 12.4 Å². The van der Waals surface area contributed by atoms with Crippen LogP contribution in [0.4, 0.5) is 11.6 Å². The molecular weight excluding hydrogens is 372 g/mol. The molecule has 0 radical (unpaired) electrons. The first kappa shape index (κ1) is 15.5. The van der Waals surface area contributed by atoms with E-state index in [2.05, 4.69) is 32.0 Å². The zero-order chi connectivity index (χ0) is 16.5. The normalized spacial score (nSPS) is 20.1. The number of fused-ring (bicyclic) bond motifs is 1. The van der Waals surface area contributed by atoms with Gasteiger partial charge >= 0.3 is 0 Å². The summed E-state index contributed by atoms with van der Waals surface area (Å²) in [6.07, 6.45) is 3.84. The molecule has 6 nitrogen and oxygen atoms in total. The zero-order valence-electron chi connectivity index (χ0n) is 13.1. The lowest BCUT2D eigenvalue weighted by Crippen LogP contribution is -2.51. The number of hydrogen-bond donors (Lipinski definition) is 0. The molecule has 4 rings (SSSR count). The molecule has 0 spiro atoms. The van der Waals surface area contributed by atoms with Gasteiger partial charge in [0.1, 0.15) is 0 Å². The molecular formula is C17H17BrN4O2. The molecule has 0 saturated carbocycles. The van der Waals surface area contributed by atoms with E-state index in [-0.39, 0.29) is 5.91 Å². The van der Waals surface area contributed by atoms with Crippen LogP contribution in [-0.2, 0) is 16.0 Å². The van der Waals surface area contributed by atoms with Crippen LogP contribution in [0.1, 0.15) is 5.56 Å². The van der Waals surface area contributed by atoms with E-state index in [1.807, 2.05) is 28.0 Å². The number of benzene rings is 1. The Hall–Kier alpha value is -1.99. The lowest BCUT2D eigenvalue weighted by atomic mass is 10.2. The lowest BCUT2D eigenvalue weighted by molar-refractivity contribution is -0.130. The van der Waals surface area contributed by atoms with Crippen molar-refractivity contribution in [2.45, 2.75) is 12.5 Å². The SMILES string of the molecule is O=C(C1CN(c2ncc(Br)cn2)CCO1)N1CCc2ccccc21. The molecule has 1 unspecified atom stereocenters. The summed E-state index contributed by atoms with van der Waals surface area (Å²) in [7, 11) is 0. The van der Waals surface area contributed by atoms with E-state index in [0.717, 1.165) is 16.6 Å². The van der Waals surface area contributed by atoms with Crippen LogP contribution in [0, 0.1) is 0 Å². The summed E-state index contributed by atoms with van der Waals surface area (Å²) in [6, 6.07) is 8.05. The quantitative estimate of drug-likeness (QED) is 0.787. The van der Waals surface area contributed by atoms with Gasteiger partial charge in [-0.05, 0) is 34.0 Å². The van der Waals surface area contributed by atoms with Crippen molar-refractivity contribution >= 4 is 33.5 Å². The van der Waals surface area contributed by atoms with Gasteiger partial charge in [-0.3, -0.25) is 4.79 Å². The number of carbonyl (C=O) groups is 1. The number of para-hydroxylation sites is 1. The number of rotatable bonds is 2. The fraction of sp³-hybridized carbons (Fsp3) is 0.353. The summed E-state index contributed by atoms with van der Waals surface area (Å²) in [6.45, 7) is 2.36. The number of morpholine rings is 1. The van der Waals surface area contributed by atoms with Crippen LogP contribution in [0.25, 0.3) is 0 Å². The van der Waals surface area contributed by atoms with Gasteiger partial charge in [-0.1, -0.05) is 18.2 Å². The molecule has 0 bridgehead atoms. The van der Waals surface area contributed by atoms with Crippen LogP contribution >= 0.6 is 15.9 Å². The summed E-state index contributed by atoms with van der Waals surface area (Å²) in [5, 5.41) is 0.